The number of hydrogen-bond acceptors (Lipinski definition) is 2. The summed E-state index contributed by atoms with van der Waals surface area (Å²) in [5.74, 6) is 0. The fraction of sp³-hybridized carbons (Fsp3) is 0.0794. The summed E-state index contributed by atoms with van der Waals surface area (Å²) in [5.41, 5.74) is 22.9. The molecular weight excluding hydrogens is 801 g/mol. The summed E-state index contributed by atoms with van der Waals surface area (Å²) in [4.78, 5) is 2.59. The van der Waals surface area contributed by atoms with Crippen LogP contribution >= 0.6 is 0 Å². The van der Waals surface area contributed by atoms with E-state index >= 15 is 0 Å². The number of hydrogen-bond donors (Lipinski definition) is 0. The first-order valence-electron chi connectivity index (χ1n) is 23.2. The highest BCUT2D eigenvalue weighted by Crippen LogP contribution is 2.65. The first-order chi connectivity index (χ1) is 32.3. The minimum Gasteiger partial charge on any atom is -0.456 e. The van der Waals surface area contributed by atoms with Crippen molar-refractivity contribution in [3.63, 3.8) is 0 Å². The van der Waals surface area contributed by atoms with E-state index in [1.807, 2.05) is 6.07 Å². The molecule has 3 heterocycles. The zero-order valence-corrected chi connectivity index (χ0v) is 36.9. The van der Waals surface area contributed by atoms with E-state index in [1.165, 1.54) is 111 Å². The maximum absolute atomic E-state index is 6.30. The monoisotopic (exact) mass is 842 g/mol. The van der Waals surface area contributed by atoms with Gasteiger partial charge < -0.3 is 13.9 Å². The lowest BCUT2D eigenvalue weighted by Crippen LogP contribution is -2.32. The standard InChI is InChI=1S/C63H42N2O/c1-62(2)51-20-10-6-16-43(51)48-35-54-57(36-53(48)62)65(41-26-24-37-14-4-5-15-38(37)30-41)58-33-40(31-50-44-17-7-11-21-52(44)63(54,3)61(50)58)39-25-28-46-45-18-8-12-22-55(45)64(56(46)32-39)42-27-29-60-49(34-42)47-19-9-13-23-59(47)66-60/h4-36H,1-3H3. The Morgan fingerprint density at radius 3 is 1.95 bits per heavy atom. The highest BCUT2D eigenvalue weighted by Gasteiger charge is 2.50. The number of fused-ring (bicyclic) bond motifs is 15. The van der Waals surface area contributed by atoms with E-state index < -0.39 is 0 Å². The molecule has 0 N–H and O–H groups in total. The van der Waals surface area contributed by atoms with E-state index in [4.69, 9.17) is 4.42 Å². The van der Waals surface area contributed by atoms with Crippen LogP contribution in [0.15, 0.2) is 205 Å². The largest absolute Gasteiger partial charge is 0.456 e. The van der Waals surface area contributed by atoms with Crippen LogP contribution in [-0.4, -0.2) is 4.57 Å². The molecule has 10 aromatic carbocycles. The molecule has 0 fully saturated rings. The summed E-state index contributed by atoms with van der Waals surface area (Å²) in [6, 6.07) is 74.9. The first-order valence-corrected chi connectivity index (χ1v) is 23.2. The van der Waals surface area contributed by atoms with Gasteiger partial charge in [0.1, 0.15) is 11.2 Å². The fourth-order valence-electron chi connectivity index (χ4n) is 12.6. The number of benzene rings is 10. The van der Waals surface area contributed by atoms with Crippen molar-refractivity contribution in [2.75, 3.05) is 4.90 Å². The van der Waals surface area contributed by atoms with Crippen molar-refractivity contribution >= 4 is 71.6 Å². The molecule has 0 radical (unpaired) electrons. The number of anilines is 3. The van der Waals surface area contributed by atoms with E-state index in [0.29, 0.717) is 0 Å². The Hall–Kier alpha value is -8.14. The Labute approximate surface area is 382 Å². The van der Waals surface area contributed by atoms with Gasteiger partial charge in [0, 0.05) is 43.7 Å². The molecule has 1 aliphatic heterocycles. The van der Waals surface area contributed by atoms with Gasteiger partial charge in [-0.05, 0) is 152 Å². The van der Waals surface area contributed by atoms with Gasteiger partial charge in [-0.3, -0.25) is 0 Å². The Balaban J connectivity index is 1.01. The smallest absolute Gasteiger partial charge is 0.135 e. The van der Waals surface area contributed by atoms with Gasteiger partial charge in [-0.2, -0.15) is 0 Å². The Morgan fingerprint density at radius 2 is 1.08 bits per heavy atom. The number of rotatable bonds is 3. The van der Waals surface area contributed by atoms with Crippen LogP contribution in [0.1, 0.15) is 48.6 Å². The van der Waals surface area contributed by atoms with Crippen molar-refractivity contribution in [2.45, 2.75) is 31.6 Å². The molecular formula is C63H42N2O. The average molecular weight is 843 g/mol. The van der Waals surface area contributed by atoms with E-state index in [9.17, 15) is 0 Å². The SMILES string of the molecule is CC1(C)c2ccccc2-c2cc3c(cc21)N(c1ccc2ccccc2c1)c1cc(-c2ccc4c5ccccc5n(-c5ccc6oc7ccccc7c6c5)c4c2)cc2c1C3(C)c1ccccc1-2. The predicted octanol–water partition coefficient (Wildman–Crippen LogP) is 16.9. The van der Waals surface area contributed by atoms with Gasteiger partial charge in [-0.15, -0.1) is 0 Å². The predicted molar refractivity (Wildman–Crippen MR) is 274 cm³/mol. The third-order valence-electron chi connectivity index (χ3n) is 15.7. The van der Waals surface area contributed by atoms with Crippen LogP contribution in [0.5, 0.6) is 0 Å². The maximum Gasteiger partial charge on any atom is 0.135 e. The number of furan rings is 1. The molecule has 0 saturated heterocycles. The molecule has 2 aliphatic carbocycles. The van der Waals surface area contributed by atoms with Gasteiger partial charge in [0.15, 0.2) is 0 Å². The summed E-state index contributed by atoms with van der Waals surface area (Å²) in [7, 11) is 0. The highest BCUT2D eigenvalue weighted by molar-refractivity contribution is 6.12. The summed E-state index contributed by atoms with van der Waals surface area (Å²) in [6.07, 6.45) is 0. The highest BCUT2D eigenvalue weighted by atomic mass is 16.3. The summed E-state index contributed by atoms with van der Waals surface area (Å²) in [5, 5.41) is 7.19. The van der Waals surface area contributed by atoms with Gasteiger partial charge in [0.2, 0.25) is 0 Å². The molecule has 1 unspecified atom stereocenters. The molecule has 3 aliphatic rings. The van der Waals surface area contributed by atoms with Crippen LogP contribution in [0.3, 0.4) is 0 Å². The lowest BCUT2D eigenvalue weighted by Gasteiger charge is -2.43. The number of nitrogens with zero attached hydrogens (tertiary/aromatic N) is 2. The molecule has 0 amide bonds. The van der Waals surface area contributed by atoms with Crippen molar-refractivity contribution in [1.29, 1.82) is 0 Å². The minimum atomic E-state index is -0.383. The molecule has 3 nitrogen and oxygen atoms in total. The fourth-order valence-corrected chi connectivity index (χ4v) is 12.6. The molecule has 15 rings (SSSR count). The average Bonchev–Trinajstić information content (AvgIpc) is 4.04. The molecule has 3 heteroatoms. The number of para-hydroxylation sites is 2. The Kier molecular flexibility index (Phi) is 6.89. The zero-order chi connectivity index (χ0) is 43.6. The lowest BCUT2D eigenvalue weighted by atomic mass is 9.69. The van der Waals surface area contributed by atoms with E-state index in [0.717, 1.165) is 27.6 Å². The van der Waals surface area contributed by atoms with E-state index in [2.05, 4.69) is 224 Å². The second kappa shape index (κ2) is 12.6. The van der Waals surface area contributed by atoms with Crippen LogP contribution in [-0.2, 0) is 10.8 Å². The van der Waals surface area contributed by atoms with Crippen molar-refractivity contribution in [1.82, 2.24) is 4.57 Å². The van der Waals surface area contributed by atoms with Crippen molar-refractivity contribution < 1.29 is 4.42 Å². The number of aromatic nitrogens is 1. The van der Waals surface area contributed by atoms with Gasteiger partial charge in [0.25, 0.3) is 0 Å². The molecule has 0 saturated carbocycles. The van der Waals surface area contributed by atoms with Crippen LogP contribution in [0, 0.1) is 0 Å². The minimum absolute atomic E-state index is 0.152. The van der Waals surface area contributed by atoms with Gasteiger partial charge in [0.05, 0.1) is 22.4 Å². The molecule has 0 bridgehead atoms. The second-order valence-electron chi connectivity index (χ2n) is 19.4. The quantitative estimate of drug-likeness (QED) is 0.177. The van der Waals surface area contributed by atoms with Crippen molar-refractivity contribution in [2.24, 2.45) is 0 Å². The van der Waals surface area contributed by atoms with Gasteiger partial charge in [-0.25, -0.2) is 0 Å². The molecule has 12 aromatic rings. The van der Waals surface area contributed by atoms with E-state index in [1.54, 1.807) is 0 Å². The lowest BCUT2D eigenvalue weighted by molar-refractivity contribution is 0.656. The summed E-state index contributed by atoms with van der Waals surface area (Å²) < 4.78 is 8.74. The van der Waals surface area contributed by atoms with Gasteiger partial charge >= 0.3 is 0 Å². The summed E-state index contributed by atoms with van der Waals surface area (Å²) >= 11 is 0. The third kappa shape index (κ3) is 4.57. The zero-order valence-electron chi connectivity index (χ0n) is 36.9. The Morgan fingerprint density at radius 1 is 0.379 bits per heavy atom. The van der Waals surface area contributed by atoms with Gasteiger partial charge in [-0.1, -0.05) is 141 Å². The van der Waals surface area contributed by atoms with Crippen LogP contribution in [0.25, 0.3) is 93.6 Å². The third-order valence-corrected chi connectivity index (χ3v) is 15.7. The normalized spacial score (nSPS) is 16.3. The van der Waals surface area contributed by atoms with Crippen molar-refractivity contribution in [3.05, 3.63) is 228 Å². The van der Waals surface area contributed by atoms with Crippen LogP contribution < -0.4 is 4.90 Å². The molecule has 310 valence electrons. The Bertz CT molecular complexity index is 4120. The molecule has 1 atom stereocenters. The summed E-state index contributed by atoms with van der Waals surface area (Å²) in [6.45, 7) is 7.28. The topological polar surface area (TPSA) is 21.3 Å². The second-order valence-corrected chi connectivity index (χ2v) is 19.4. The van der Waals surface area contributed by atoms with Crippen LogP contribution in [0.2, 0.25) is 0 Å². The molecule has 2 aromatic heterocycles. The molecule has 0 spiro atoms. The first kappa shape index (κ1) is 36.2. The van der Waals surface area contributed by atoms with Crippen molar-refractivity contribution in [3.8, 4) is 39.1 Å². The maximum atomic E-state index is 6.30. The molecule has 66 heavy (non-hydrogen) atoms. The van der Waals surface area contributed by atoms with E-state index in [-0.39, 0.29) is 10.8 Å². The van der Waals surface area contributed by atoms with Crippen LogP contribution in [0.4, 0.5) is 17.1 Å².